The minimum atomic E-state index is -4.45. The van der Waals surface area contributed by atoms with E-state index in [-0.39, 0.29) is 24.0 Å². The Labute approximate surface area is 185 Å². The first-order valence-corrected chi connectivity index (χ1v) is 10.3. The molecule has 1 aliphatic carbocycles. The molecule has 0 heterocycles. The summed E-state index contributed by atoms with van der Waals surface area (Å²) >= 11 is 0. The third kappa shape index (κ3) is 8.35. The molecule has 32 heavy (non-hydrogen) atoms. The highest BCUT2D eigenvalue weighted by Crippen LogP contribution is 2.30. The van der Waals surface area contributed by atoms with Crippen LogP contribution in [0.1, 0.15) is 47.2 Å². The second-order valence-electron chi connectivity index (χ2n) is 7.56. The van der Waals surface area contributed by atoms with E-state index < -0.39 is 24.8 Å². The van der Waals surface area contributed by atoms with Gasteiger partial charge in [-0.25, -0.2) is 0 Å². The van der Waals surface area contributed by atoms with Crippen molar-refractivity contribution in [3.05, 3.63) is 71.3 Å². The number of rotatable bonds is 6. The third-order valence-electron chi connectivity index (χ3n) is 5.25. The average molecular weight is 450 g/mol. The van der Waals surface area contributed by atoms with Gasteiger partial charge in [0.1, 0.15) is 0 Å². The van der Waals surface area contributed by atoms with Gasteiger partial charge in [-0.15, -0.1) is 0 Å². The van der Waals surface area contributed by atoms with E-state index in [0.29, 0.717) is 6.41 Å². The molecule has 1 saturated carbocycles. The number of hydrogen-bond donors (Lipinski definition) is 4. The summed E-state index contributed by atoms with van der Waals surface area (Å²) in [5.74, 6) is -0.533. The second-order valence-corrected chi connectivity index (χ2v) is 7.56. The highest BCUT2D eigenvalue weighted by molar-refractivity contribution is 6.43. The predicted molar refractivity (Wildman–Crippen MR) is 114 cm³/mol. The molecule has 10 heteroatoms. The Hall–Kier alpha value is -2.85. The van der Waals surface area contributed by atoms with E-state index in [2.05, 4.69) is 10.6 Å². The zero-order chi connectivity index (χ0) is 23.6. The van der Waals surface area contributed by atoms with Gasteiger partial charge >= 0.3 is 13.3 Å². The van der Waals surface area contributed by atoms with Crippen molar-refractivity contribution in [3.8, 4) is 0 Å². The first-order valence-electron chi connectivity index (χ1n) is 10.3. The summed E-state index contributed by atoms with van der Waals surface area (Å²) in [5, 5.41) is 23.0. The summed E-state index contributed by atoms with van der Waals surface area (Å²) in [4.78, 5) is 21.9. The van der Waals surface area contributed by atoms with Gasteiger partial charge in [0.2, 0.25) is 6.41 Å². The average Bonchev–Trinajstić information content (AvgIpc) is 2.79. The minimum absolute atomic E-state index is 0.00393. The Morgan fingerprint density at radius 3 is 2.25 bits per heavy atom. The number of hydrogen-bond acceptors (Lipinski definition) is 4. The van der Waals surface area contributed by atoms with E-state index in [1.807, 2.05) is 30.3 Å². The summed E-state index contributed by atoms with van der Waals surface area (Å²) in [6, 6.07) is 13.7. The van der Waals surface area contributed by atoms with Crippen molar-refractivity contribution < 1.29 is 32.8 Å². The number of carbonyl (C=O) groups excluding carboxylic acids is 2. The molecule has 0 bridgehead atoms. The molecule has 1 aliphatic rings. The quantitative estimate of drug-likeness (QED) is 0.402. The molecule has 2 amide bonds. The number of alkyl halides is 3. The Balaban J connectivity index is 0.000000258. The van der Waals surface area contributed by atoms with Crippen molar-refractivity contribution in [3.63, 3.8) is 0 Å². The Morgan fingerprint density at radius 1 is 1.03 bits per heavy atom. The molecule has 6 nitrogen and oxygen atoms in total. The molecule has 0 aromatic heterocycles. The van der Waals surface area contributed by atoms with E-state index in [1.54, 1.807) is 0 Å². The van der Waals surface area contributed by atoms with Crippen LogP contribution < -0.4 is 10.6 Å². The van der Waals surface area contributed by atoms with E-state index in [9.17, 15) is 22.8 Å². The van der Waals surface area contributed by atoms with Crippen molar-refractivity contribution >= 4 is 19.4 Å². The molecule has 0 radical (unpaired) electrons. The molecule has 3 rings (SSSR count). The van der Waals surface area contributed by atoms with Gasteiger partial charge in [0.15, 0.2) is 0 Å². The standard InChI is InChI=1S/C15H12F3NO.C7H14BNO3/c16-15(17,18)13-8-4-7-12(9-13)14(20)19-10-11-5-2-1-3-6-11;10-5-9-7-3-1-6(2-4-7)8(11)12/h1-9H,10H2,(H,19,20);5-7,11-12H,1-4H2,(H,9,10). The zero-order valence-electron chi connectivity index (χ0n) is 17.4. The van der Waals surface area contributed by atoms with Gasteiger partial charge in [0.25, 0.3) is 5.91 Å². The van der Waals surface area contributed by atoms with Gasteiger partial charge in [-0.05, 0) is 42.4 Å². The summed E-state index contributed by atoms with van der Waals surface area (Å²) in [5.41, 5.74) is 0.0495. The number of carbonyl (C=O) groups is 2. The van der Waals surface area contributed by atoms with Gasteiger partial charge in [-0.2, -0.15) is 13.2 Å². The summed E-state index contributed by atoms with van der Waals surface area (Å²) in [6.07, 6.45) is -0.482. The zero-order valence-corrected chi connectivity index (χ0v) is 17.4. The normalized spacial score (nSPS) is 18.0. The fourth-order valence-electron chi connectivity index (χ4n) is 3.40. The van der Waals surface area contributed by atoms with Crippen LogP contribution >= 0.6 is 0 Å². The minimum Gasteiger partial charge on any atom is -0.427 e. The monoisotopic (exact) mass is 450 g/mol. The lowest BCUT2D eigenvalue weighted by Crippen LogP contribution is -2.34. The van der Waals surface area contributed by atoms with Crippen LogP contribution in [0.25, 0.3) is 0 Å². The van der Waals surface area contributed by atoms with Gasteiger partial charge in [0, 0.05) is 18.2 Å². The van der Waals surface area contributed by atoms with Gasteiger partial charge in [0.05, 0.1) is 5.56 Å². The molecule has 0 aliphatic heterocycles. The molecular formula is C22H26BF3N2O4. The molecular weight excluding hydrogens is 424 g/mol. The number of nitrogens with one attached hydrogen (secondary N) is 2. The van der Waals surface area contributed by atoms with Crippen LogP contribution in [0.3, 0.4) is 0 Å². The molecule has 2 aromatic rings. The SMILES string of the molecule is O=C(NCc1ccccc1)c1cccc(C(F)(F)F)c1.O=CNC1CCC(B(O)O)CC1. The maximum absolute atomic E-state index is 12.6. The van der Waals surface area contributed by atoms with E-state index >= 15 is 0 Å². The molecule has 172 valence electrons. The molecule has 0 spiro atoms. The van der Waals surface area contributed by atoms with Crippen molar-refractivity contribution in [2.75, 3.05) is 0 Å². The van der Waals surface area contributed by atoms with Crippen molar-refractivity contribution in [2.24, 2.45) is 0 Å². The van der Waals surface area contributed by atoms with Gasteiger partial charge in [-0.1, -0.05) is 49.2 Å². The molecule has 0 atom stereocenters. The van der Waals surface area contributed by atoms with Crippen molar-refractivity contribution in [1.82, 2.24) is 10.6 Å². The molecule has 4 N–H and O–H groups in total. The molecule has 0 saturated heterocycles. The van der Waals surface area contributed by atoms with Crippen LogP contribution in [0, 0.1) is 0 Å². The van der Waals surface area contributed by atoms with Crippen LogP contribution in [-0.2, 0) is 17.5 Å². The van der Waals surface area contributed by atoms with Crippen LogP contribution in [0.5, 0.6) is 0 Å². The first-order chi connectivity index (χ1) is 15.2. The summed E-state index contributed by atoms with van der Waals surface area (Å²) < 4.78 is 37.7. The number of benzene rings is 2. The van der Waals surface area contributed by atoms with E-state index in [4.69, 9.17) is 10.0 Å². The van der Waals surface area contributed by atoms with Gasteiger partial charge in [-0.3, -0.25) is 9.59 Å². The maximum Gasteiger partial charge on any atom is 0.454 e. The molecule has 1 fully saturated rings. The summed E-state index contributed by atoms with van der Waals surface area (Å²) in [6.45, 7) is 0.274. The highest BCUT2D eigenvalue weighted by Gasteiger charge is 2.31. The highest BCUT2D eigenvalue weighted by atomic mass is 19.4. The van der Waals surface area contributed by atoms with Crippen molar-refractivity contribution in [1.29, 1.82) is 0 Å². The maximum atomic E-state index is 12.6. The van der Waals surface area contributed by atoms with Gasteiger partial charge < -0.3 is 20.7 Å². The fourth-order valence-corrected chi connectivity index (χ4v) is 3.40. The van der Waals surface area contributed by atoms with E-state index in [0.717, 1.165) is 43.4 Å². The van der Waals surface area contributed by atoms with Crippen LogP contribution in [0.4, 0.5) is 13.2 Å². The van der Waals surface area contributed by atoms with Crippen LogP contribution in [0.15, 0.2) is 54.6 Å². The largest absolute Gasteiger partial charge is 0.454 e. The smallest absolute Gasteiger partial charge is 0.427 e. The van der Waals surface area contributed by atoms with Crippen LogP contribution in [0.2, 0.25) is 5.82 Å². The third-order valence-corrected chi connectivity index (χ3v) is 5.25. The summed E-state index contributed by atoms with van der Waals surface area (Å²) in [7, 11) is -1.19. The molecule has 0 unspecified atom stereocenters. The number of amides is 2. The topological polar surface area (TPSA) is 98.7 Å². The molecule has 2 aromatic carbocycles. The Bertz CT molecular complexity index is 858. The van der Waals surface area contributed by atoms with Crippen molar-refractivity contribution in [2.45, 2.75) is 50.3 Å². The first kappa shape index (κ1) is 25.4. The lowest BCUT2D eigenvalue weighted by molar-refractivity contribution is -0.137. The van der Waals surface area contributed by atoms with Crippen LogP contribution in [-0.4, -0.2) is 35.5 Å². The number of halogens is 3. The fraction of sp³-hybridized carbons (Fsp3) is 0.364. The lowest BCUT2D eigenvalue weighted by Gasteiger charge is -2.27. The van der Waals surface area contributed by atoms with E-state index in [1.165, 1.54) is 12.1 Å². The second kappa shape index (κ2) is 12.3. The Morgan fingerprint density at radius 2 is 1.69 bits per heavy atom. The predicted octanol–water partition coefficient (Wildman–Crippen LogP) is 3.15. The Kier molecular flexibility index (Phi) is 9.74. The lowest BCUT2D eigenvalue weighted by atomic mass is 9.64.